The minimum absolute atomic E-state index is 0.0587. The van der Waals surface area contributed by atoms with Gasteiger partial charge in [-0.1, -0.05) is 11.6 Å². The van der Waals surface area contributed by atoms with Crippen LogP contribution in [0.5, 0.6) is 0 Å². The Morgan fingerprint density at radius 1 is 1.83 bits per heavy atom. The molecule has 0 saturated carbocycles. The lowest BCUT2D eigenvalue weighted by atomic mass is 10.5. The van der Waals surface area contributed by atoms with Crippen LogP contribution in [0.15, 0.2) is 6.07 Å². The van der Waals surface area contributed by atoms with Crippen LogP contribution < -0.4 is 0 Å². The Labute approximate surface area is 75.1 Å². The Morgan fingerprint density at radius 3 is 2.92 bits per heavy atom. The normalized spacial score (nSPS) is 9.92. The highest BCUT2D eigenvalue weighted by atomic mass is 35.5. The maximum absolute atomic E-state index is 10.8. The van der Waals surface area contributed by atoms with E-state index in [4.69, 9.17) is 11.6 Å². The Kier molecular flexibility index (Phi) is 2.70. The SMILES string of the molecule is COC(=O)Cn1nc(C)cc1Cl. The standard InChI is InChI=1S/C7H9ClN2O2/c1-5-3-6(8)10(9-5)4-7(11)12-2/h3H,4H2,1-2H3. The molecule has 5 heteroatoms. The molecule has 1 aromatic heterocycles. The number of hydrogen-bond acceptors (Lipinski definition) is 3. The summed E-state index contributed by atoms with van der Waals surface area (Å²) < 4.78 is 5.85. The highest BCUT2D eigenvalue weighted by molar-refractivity contribution is 6.29. The van der Waals surface area contributed by atoms with Crippen molar-refractivity contribution < 1.29 is 9.53 Å². The van der Waals surface area contributed by atoms with Gasteiger partial charge in [-0.05, 0) is 13.0 Å². The average Bonchev–Trinajstić information content (AvgIpc) is 2.30. The maximum Gasteiger partial charge on any atom is 0.327 e. The molecule has 0 aliphatic carbocycles. The molecule has 0 bridgehead atoms. The number of ether oxygens (including phenoxy) is 1. The van der Waals surface area contributed by atoms with Gasteiger partial charge in [0.1, 0.15) is 11.7 Å². The van der Waals surface area contributed by atoms with Crippen LogP contribution in [0.3, 0.4) is 0 Å². The number of nitrogens with zero attached hydrogens (tertiary/aromatic N) is 2. The predicted molar refractivity (Wildman–Crippen MR) is 44.0 cm³/mol. The van der Waals surface area contributed by atoms with Crippen LogP contribution in [0.2, 0.25) is 5.15 Å². The second-order valence-electron chi connectivity index (χ2n) is 2.34. The molecule has 0 aliphatic heterocycles. The third-order valence-electron chi connectivity index (χ3n) is 1.36. The van der Waals surface area contributed by atoms with Crippen LogP contribution in [0.4, 0.5) is 0 Å². The van der Waals surface area contributed by atoms with Gasteiger partial charge < -0.3 is 4.74 Å². The summed E-state index contributed by atoms with van der Waals surface area (Å²) in [4.78, 5) is 10.8. The van der Waals surface area contributed by atoms with Crippen molar-refractivity contribution in [1.29, 1.82) is 0 Å². The third kappa shape index (κ3) is 1.98. The summed E-state index contributed by atoms with van der Waals surface area (Å²) in [6.45, 7) is 1.86. The smallest absolute Gasteiger partial charge is 0.327 e. The van der Waals surface area contributed by atoms with Crippen molar-refractivity contribution in [3.63, 3.8) is 0 Å². The van der Waals surface area contributed by atoms with Gasteiger partial charge in [-0.2, -0.15) is 5.10 Å². The summed E-state index contributed by atoms with van der Waals surface area (Å²) >= 11 is 5.74. The van der Waals surface area contributed by atoms with Gasteiger partial charge in [0, 0.05) is 0 Å². The van der Waals surface area contributed by atoms with E-state index in [1.807, 2.05) is 0 Å². The van der Waals surface area contributed by atoms with E-state index in [9.17, 15) is 4.79 Å². The first-order chi connectivity index (χ1) is 5.63. The molecule has 1 aromatic rings. The number of methoxy groups -OCH3 is 1. The fourth-order valence-corrected chi connectivity index (χ4v) is 1.07. The first-order valence-electron chi connectivity index (χ1n) is 3.40. The van der Waals surface area contributed by atoms with Crippen molar-refractivity contribution in [3.8, 4) is 0 Å². The zero-order valence-corrected chi connectivity index (χ0v) is 7.63. The van der Waals surface area contributed by atoms with E-state index in [1.54, 1.807) is 13.0 Å². The molecular weight excluding hydrogens is 180 g/mol. The van der Waals surface area contributed by atoms with E-state index >= 15 is 0 Å². The van der Waals surface area contributed by atoms with E-state index in [-0.39, 0.29) is 12.5 Å². The lowest BCUT2D eigenvalue weighted by Crippen LogP contribution is -2.12. The predicted octanol–water partition coefficient (Wildman–Crippen LogP) is 1.02. The zero-order valence-electron chi connectivity index (χ0n) is 6.87. The van der Waals surface area contributed by atoms with E-state index in [1.165, 1.54) is 11.8 Å². The van der Waals surface area contributed by atoms with E-state index in [2.05, 4.69) is 9.84 Å². The fraction of sp³-hybridized carbons (Fsp3) is 0.429. The summed E-state index contributed by atoms with van der Waals surface area (Å²) in [6, 6.07) is 1.69. The first kappa shape index (κ1) is 9.06. The van der Waals surface area contributed by atoms with Gasteiger partial charge >= 0.3 is 5.97 Å². The van der Waals surface area contributed by atoms with Crippen molar-refractivity contribution >= 4 is 17.6 Å². The summed E-state index contributed by atoms with van der Waals surface area (Å²) in [5, 5.41) is 4.42. The van der Waals surface area contributed by atoms with Crippen molar-refractivity contribution in [2.75, 3.05) is 7.11 Å². The molecule has 1 rings (SSSR count). The quantitative estimate of drug-likeness (QED) is 0.651. The summed E-state index contributed by atoms with van der Waals surface area (Å²) in [5.74, 6) is -0.361. The first-order valence-corrected chi connectivity index (χ1v) is 3.78. The average molecular weight is 189 g/mol. The number of hydrogen-bond donors (Lipinski definition) is 0. The Balaban J connectivity index is 2.75. The van der Waals surface area contributed by atoms with Crippen molar-refractivity contribution in [1.82, 2.24) is 9.78 Å². The molecule has 0 amide bonds. The number of halogens is 1. The highest BCUT2D eigenvalue weighted by Crippen LogP contribution is 2.09. The summed E-state index contributed by atoms with van der Waals surface area (Å²) in [5.41, 5.74) is 0.781. The molecule has 0 unspecified atom stereocenters. The number of carbonyl (C=O) groups is 1. The molecule has 0 aromatic carbocycles. The van der Waals surface area contributed by atoms with Crippen LogP contribution in [0.1, 0.15) is 5.69 Å². The Morgan fingerprint density at radius 2 is 2.50 bits per heavy atom. The summed E-state index contributed by atoms with van der Waals surface area (Å²) in [7, 11) is 1.33. The van der Waals surface area contributed by atoms with Crippen LogP contribution in [-0.4, -0.2) is 22.9 Å². The molecule has 0 fully saturated rings. The maximum atomic E-state index is 10.8. The van der Waals surface area contributed by atoms with Crippen LogP contribution in [0.25, 0.3) is 0 Å². The van der Waals surface area contributed by atoms with Gasteiger partial charge in [-0.3, -0.25) is 4.79 Å². The molecule has 0 spiro atoms. The molecule has 12 heavy (non-hydrogen) atoms. The molecule has 0 saturated heterocycles. The van der Waals surface area contributed by atoms with E-state index in [0.717, 1.165) is 5.69 Å². The van der Waals surface area contributed by atoms with Crippen LogP contribution in [-0.2, 0) is 16.1 Å². The van der Waals surface area contributed by atoms with Gasteiger partial charge in [0.05, 0.1) is 12.8 Å². The molecule has 0 radical (unpaired) electrons. The van der Waals surface area contributed by atoms with Crippen LogP contribution >= 0.6 is 11.6 Å². The zero-order chi connectivity index (χ0) is 9.14. The highest BCUT2D eigenvalue weighted by Gasteiger charge is 2.07. The molecular formula is C7H9ClN2O2. The second kappa shape index (κ2) is 3.58. The minimum atomic E-state index is -0.361. The van der Waals surface area contributed by atoms with Gasteiger partial charge in [-0.25, -0.2) is 4.68 Å². The van der Waals surface area contributed by atoms with Gasteiger partial charge in [0.2, 0.25) is 0 Å². The number of aromatic nitrogens is 2. The second-order valence-corrected chi connectivity index (χ2v) is 2.73. The lowest BCUT2D eigenvalue weighted by molar-refractivity contribution is -0.141. The van der Waals surface area contributed by atoms with Gasteiger partial charge in [0.15, 0.2) is 0 Å². The molecule has 1 heterocycles. The number of carbonyl (C=O) groups excluding carboxylic acids is 1. The number of esters is 1. The molecule has 0 atom stereocenters. The summed E-state index contributed by atoms with van der Waals surface area (Å²) in [6.07, 6.45) is 0. The largest absolute Gasteiger partial charge is 0.468 e. The topological polar surface area (TPSA) is 44.1 Å². The van der Waals surface area contributed by atoms with E-state index < -0.39 is 0 Å². The van der Waals surface area contributed by atoms with Crippen molar-refractivity contribution in [3.05, 3.63) is 16.9 Å². The fourth-order valence-electron chi connectivity index (χ4n) is 0.812. The third-order valence-corrected chi connectivity index (χ3v) is 1.66. The van der Waals surface area contributed by atoms with Crippen LogP contribution in [0, 0.1) is 6.92 Å². The van der Waals surface area contributed by atoms with Crippen molar-refractivity contribution in [2.24, 2.45) is 0 Å². The lowest BCUT2D eigenvalue weighted by Gasteiger charge is -1.99. The molecule has 0 aliphatic rings. The molecule has 66 valence electrons. The van der Waals surface area contributed by atoms with E-state index in [0.29, 0.717) is 5.15 Å². The monoisotopic (exact) mass is 188 g/mol. The van der Waals surface area contributed by atoms with Gasteiger partial charge in [-0.15, -0.1) is 0 Å². The molecule has 4 nitrogen and oxygen atoms in total. The molecule has 0 N–H and O–H groups in total. The van der Waals surface area contributed by atoms with Gasteiger partial charge in [0.25, 0.3) is 0 Å². The number of rotatable bonds is 2. The minimum Gasteiger partial charge on any atom is -0.468 e. The Hall–Kier alpha value is -1.03. The number of aryl methyl sites for hydroxylation is 1. The van der Waals surface area contributed by atoms with Crippen molar-refractivity contribution in [2.45, 2.75) is 13.5 Å². The Bertz CT molecular complexity index is 296.